The molecule has 1 aromatic heterocycles. The highest BCUT2D eigenvalue weighted by Gasteiger charge is 2.05. The van der Waals surface area contributed by atoms with Crippen LogP contribution in [0.2, 0.25) is 0 Å². The van der Waals surface area contributed by atoms with Gasteiger partial charge in [-0.2, -0.15) is 0 Å². The maximum absolute atomic E-state index is 11.3. The molecule has 0 aliphatic rings. The molecule has 2 aromatic carbocycles. The quantitative estimate of drug-likeness (QED) is 0.611. The molecular formula is C14H11NO. The molecular weight excluding hydrogens is 198 g/mol. The zero-order valence-electron chi connectivity index (χ0n) is 8.95. The van der Waals surface area contributed by atoms with Gasteiger partial charge in [-0.1, -0.05) is 30.3 Å². The second-order valence-corrected chi connectivity index (χ2v) is 3.99. The predicted octanol–water partition coefficient (Wildman–Crippen LogP) is 3.52. The number of aromatic amines is 1. The summed E-state index contributed by atoms with van der Waals surface area (Å²) >= 11 is 0. The lowest BCUT2D eigenvalue weighted by Gasteiger charge is -1.95. The minimum Gasteiger partial charge on any atom is -0.354 e. The first kappa shape index (κ1) is 9.16. The van der Waals surface area contributed by atoms with Crippen LogP contribution in [-0.4, -0.2) is 10.8 Å². The molecule has 78 valence electrons. The normalized spacial score (nSPS) is 11.1. The SMILES string of the molecule is CC(=O)c1ccc2c(c1)[nH]c1ccccc12. The van der Waals surface area contributed by atoms with Crippen LogP contribution in [0.15, 0.2) is 42.5 Å². The van der Waals surface area contributed by atoms with Crippen LogP contribution in [0.5, 0.6) is 0 Å². The molecule has 0 spiro atoms. The average Bonchev–Trinajstić information content (AvgIpc) is 2.66. The number of para-hydroxylation sites is 1. The summed E-state index contributed by atoms with van der Waals surface area (Å²) in [6.07, 6.45) is 0. The van der Waals surface area contributed by atoms with Gasteiger partial charge in [0.05, 0.1) is 0 Å². The first-order valence-corrected chi connectivity index (χ1v) is 5.27. The van der Waals surface area contributed by atoms with Gasteiger partial charge in [0.15, 0.2) is 5.78 Å². The molecule has 16 heavy (non-hydrogen) atoms. The van der Waals surface area contributed by atoms with Gasteiger partial charge in [0.25, 0.3) is 0 Å². The summed E-state index contributed by atoms with van der Waals surface area (Å²) in [6, 6.07) is 14.0. The van der Waals surface area contributed by atoms with Crippen molar-refractivity contribution in [2.45, 2.75) is 6.92 Å². The fourth-order valence-electron chi connectivity index (χ4n) is 2.07. The highest BCUT2D eigenvalue weighted by atomic mass is 16.1. The van der Waals surface area contributed by atoms with E-state index in [0.29, 0.717) is 0 Å². The van der Waals surface area contributed by atoms with Crippen molar-refractivity contribution in [3.63, 3.8) is 0 Å². The molecule has 1 heterocycles. The summed E-state index contributed by atoms with van der Waals surface area (Å²) in [6.45, 7) is 1.59. The fourth-order valence-corrected chi connectivity index (χ4v) is 2.07. The van der Waals surface area contributed by atoms with Crippen molar-refractivity contribution >= 4 is 27.6 Å². The first-order valence-electron chi connectivity index (χ1n) is 5.27. The molecule has 0 aliphatic carbocycles. The number of hydrogen-bond acceptors (Lipinski definition) is 1. The van der Waals surface area contributed by atoms with Gasteiger partial charge in [0, 0.05) is 27.4 Å². The molecule has 0 unspecified atom stereocenters. The molecule has 2 heteroatoms. The smallest absolute Gasteiger partial charge is 0.159 e. The Morgan fingerprint density at radius 2 is 1.75 bits per heavy atom. The molecule has 2 nitrogen and oxygen atoms in total. The van der Waals surface area contributed by atoms with E-state index in [0.717, 1.165) is 16.6 Å². The number of hydrogen-bond donors (Lipinski definition) is 1. The van der Waals surface area contributed by atoms with Gasteiger partial charge in [-0.15, -0.1) is 0 Å². The molecule has 1 N–H and O–H groups in total. The Balaban J connectivity index is 2.41. The minimum atomic E-state index is 0.0977. The second kappa shape index (κ2) is 3.20. The number of carbonyl (C=O) groups is 1. The Labute approximate surface area is 92.9 Å². The zero-order valence-corrected chi connectivity index (χ0v) is 8.95. The summed E-state index contributed by atoms with van der Waals surface area (Å²) in [7, 11) is 0. The van der Waals surface area contributed by atoms with Crippen LogP contribution in [0, 0.1) is 0 Å². The maximum Gasteiger partial charge on any atom is 0.159 e. The molecule has 0 bridgehead atoms. The molecule has 0 aliphatic heterocycles. The van der Waals surface area contributed by atoms with Crippen molar-refractivity contribution in [1.82, 2.24) is 4.98 Å². The first-order chi connectivity index (χ1) is 7.75. The summed E-state index contributed by atoms with van der Waals surface area (Å²) in [5.41, 5.74) is 2.88. The van der Waals surface area contributed by atoms with Crippen molar-refractivity contribution in [1.29, 1.82) is 0 Å². The lowest BCUT2D eigenvalue weighted by Crippen LogP contribution is -1.90. The third kappa shape index (κ3) is 1.23. The number of ketones is 1. The summed E-state index contributed by atoms with van der Waals surface area (Å²) in [4.78, 5) is 14.6. The van der Waals surface area contributed by atoms with Crippen molar-refractivity contribution in [2.24, 2.45) is 0 Å². The van der Waals surface area contributed by atoms with E-state index in [9.17, 15) is 4.79 Å². The van der Waals surface area contributed by atoms with Crippen LogP contribution < -0.4 is 0 Å². The van der Waals surface area contributed by atoms with Gasteiger partial charge in [-0.05, 0) is 19.1 Å². The van der Waals surface area contributed by atoms with E-state index in [4.69, 9.17) is 0 Å². The Bertz CT molecular complexity index is 694. The third-order valence-corrected chi connectivity index (χ3v) is 2.91. The van der Waals surface area contributed by atoms with Crippen LogP contribution >= 0.6 is 0 Å². The van der Waals surface area contributed by atoms with Crippen molar-refractivity contribution in [3.8, 4) is 0 Å². The van der Waals surface area contributed by atoms with Crippen LogP contribution in [-0.2, 0) is 0 Å². The number of rotatable bonds is 1. The lowest BCUT2D eigenvalue weighted by atomic mass is 10.1. The van der Waals surface area contributed by atoms with Crippen molar-refractivity contribution in [3.05, 3.63) is 48.0 Å². The van der Waals surface area contributed by atoms with Crippen LogP contribution in [0.4, 0.5) is 0 Å². The van der Waals surface area contributed by atoms with E-state index in [2.05, 4.69) is 11.1 Å². The van der Waals surface area contributed by atoms with E-state index in [1.54, 1.807) is 6.92 Å². The molecule has 0 saturated heterocycles. The van der Waals surface area contributed by atoms with Gasteiger partial charge in [-0.25, -0.2) is 0 Å². The minimum absolute atomic E-state index is 0.0977. The zero-order chi connectivity index (χ0) is 11.1. The molecule has 0 fully saturated rings. The molecule has 0 radical (unpaired) electrons. The predicted molar refractivity (Wildman–Crippen MR) is 65.8 cm³/mol. The van der Waals surface area contributed by atoms with Crippen LogP contribution in [0.3, 0.4) is 0 Å². The number of fused-ring (bicyclic) bond motifs is 3. The monoisotopic (exact) mass is 209 g/mol. The summed E-state index contributed by atoms with van der Waals surface area (Å²) in [5.74, 6) is 0.0977. The fraction of sp³-hybridized carbons (Fsp3) is 0.0714. The van der Waals surface area contributed by atoms with Crippen molar-refractivity contribution in [2.75, 3.05) is 0 Å². The Kier molecular flexibility index (Phi) is 1.83. The van der Waals surface area contributed by atoms with E-state index in [-0.39, 0.29) is 5.78 Å². The second-order valence-electron chi connectivity index (χ2n) is 3.99. The number of aromatic nitrogens is 1. The standard InChI is InChI=1S/C14H11NO/c1-9(16)10-6-7-12-11-4-2-3-5-13(11)15-14(12)8-10/h2-8,15H,1H3. The molecule has 0 saturated carbocycles. The van der Waals surface area contributed by atoms with Crippen molar-refractivity contribution < 1.29 is 4.79 Å². The van der Waals surface area contributed by atoms with Gasteiger partial charge in [-0.3, -0.25) is 4.79 Å². The van der Waals surface area contributed by atoms with Crippen LogP contribution in [0.25, 0.3) is 21.8 Å². The number of carbonyl (C=O) groups excluding carboxylic acids is 1. The van der Waals surface area contributed by atoms with Gasteiger partial charge >= 0.3 is 0 Å². The maximum atomic E-state index is 11.3. The summed E-state index contributed by atoms with van der Waals surface area (Å²) < 4.78 is 0. The molecule has 0 atom stereocenters. The number of Topliss-reactive ketones (excluding diaryl/α,β-unsaturated/α-hetero) is 1. The van der Waals surface area contributed by atoms with E-state index >= 15 is 0 Å². The Hall–Kier alpha value is -2.09. The van der Waals surface area contributed by atoms with E-state index in [1.807, 2.05) is 36.4 Å². The van der Waals surface area contributed by atoms with E-state index < -0.39 is 0 Å². The average molecular weight is 209 g/mol. The largest absolute Gasteiger partial charge is 0.354 e. The molecule has 3 aromatic rings. The lowest BCUT2D eigenvalue weighted by molar-refractivity contribution is 0.101. The van der Waals surface area contributed by atoms with Gasteiger partial charge in [0.1, 0.15) is 0 Å². The topological polar surface area (TPSA) is 32.9 Å². The molecule has 3 rings (SSSR count). The van der Waals surface area contributed by atoms with Gasteiger partial charge in [0.2, 0.25) is 0 Å². The van der Waals surface area contributed by atoms with Gasteiger partial charge < -0.3 is 4.98 Å². The summed E-state index contributed by atoms with van der Waals surface area (Å²) in [5, 5.41) is 2.37. The highest BCUT2D eigenvalue weighted by Crippen LogP contribution is 2.25. The Morgan fingerprint density at radius 3 is 2.56 bits per heavy atom. The van der Waals surface area contributed by atoms with Crippen LogP contribution in [0.1, 0.15) is 17.3 Å². The number of benzene rings is 2. The highest BCUT2D eigenvalue weighted by molar-refractivity contribution is 6.09. The Morgan fingerprint density at radius 1 is 1.00 bits per heavy atom. The number of H-pyrrole nitrogens is 1. The number of nitrogens with one attached hydrogen (secondary N) is 1. The molecule has 0 amide bonds. The third-order valence-electron chi connectivity index (χ3n) is 2.91. The van der Waals surface area contributed by atoms with E-state index in [1.165, 1.54) is 10.8 Å².